The zero-order chi connectivity index (χ0) is 17.2. The van der Waals surface area contributed by atoms with Crippen molar-refractivity contribution in [2.24, 2.45) is 0 Å². The second-order valence-electron chi connectivity index (χ2n) is 5.28. The molecule has 3 aromatic rings. The second-order valence-corrected chi connectivity index (χ2v) is 6.26. The Hall–Kier alpha value is -2.97. The lowest BCUT2D eigenvalue weighted by Gasteiger charge is -2.29. The average Bonchev–Trinajstić information content (AvgIpc) is 3.31. The minimum Gasteiger partial charge on any atom is -0.378 e. The van der Waals surface area contributed by atoms with E-state index < -0.39 is 0 Å². The molecule has 0 spiro atoms. The third-order valence-corrected chi connectivity index (χ3v) is 4.70. The number of hydrogen-bond acceptors (Lipinski definition) is 11. The molecule has 1 aliphatic heterocycles. The quantitative estimate of drug-likeness (QED) is 0.709. The fourth-order valence-corrected chi connectivity index (χ4v) is 3.32. The first kappa shape index (κ1) is 15.6. The largest absolute Gasteiger partial charge is 0.378 e. The van der Waals surface area contributed by atoms with Crippen LogP contribution in [0.3, 0.4) is 0 Å². The summed E-state index contributed by atoms with van der Waals surface area (Å²) in [7, 11) is 1.77. The third kappa shape index (κ3) is 2.81. The Labute approximate surface area is 146 Å². The van der Waals surface area contributed by atoms with E-state index in [2.05, 4.69) is 42.1 Å². The van der Waals surface area contributed by atoms with E-state index >= 15 is 0 Å². The molecule has 2 N–H and O–H groups in total. The van der Waals surface area contributed by atoms with Crippen LogP contribution in [-0.2, 0) is 4.74 Å². The minimum atomic E-state index is 0.492. The van der Waals surface area contributed by atoms with Crippen LogP contribution in [0.1, 0.15) is 5.56 Å². The molecule has 0 radical (unpaired) electrons. The smallest absolute Gasteiger partial charge is 0.211 e. The summed E-state index contributed by atoms with van der Waals surface area (Å²) < 4.78 is 10.3. The first-order chi connectivity index (χ1) is 12.3. The Balaban J connectivity index is 1.78. The monoisotopic (exact) mass is 358 g/mol. The third-order valence-electron chi connectivity index (χ3n) is 3.84. The van der Waals surface area contributed by atoms with Gasteiger partial charge in [-0.25, -0.2) is 4.63 Å². The van der Waals surface area contributed by atoms with Crippen LogP contribution in [0.25, 0.3) is 11.0 Å². The van der Waals surface area contributed by atoms with Crippen molar-refractivity contribution in [2.75, 3.05) is 48.9 Å². The molecule has 1 fully saturated rings. The van der Waals surface area contributed by atoms with Crippen LogP contribution < -0.4 is 15.5 Å². The van der Waals surface area contributed by atoms with Crippen molar-refractivity contribution in [3.8, 4) is 6.07 Å². The van der Waals surface area contributed by atoms with Gasteiger partial charge in [-0.15, -0.1) is 10.2 Å². The molecule has 1 saturated heterocycles. The lowest BCUT2D eigenvalue weighted by atomic mass is 10.1. The number of ether oxygens (including phenoxy) is 1. The van der Waals surface area contributed by atoms with E-state index in [9.17, 15) is 5.26 Å². The highest BCUT2D eigenvalue weighted by Gasteiger charge is 2.23. The zero-order valence-electron chi connectivity index (χ0n) is 13.3. The molecule has 0 aliphatic carbocycles. The molecule has 0 bridgehead atoms. The van der Waals surface area contributed by atoms with E-state index in [1.165, 1.54) is 11.3 Å². The molecular weight excluding hydrogens is 344 g/mol. The van der Waals surface area contributed by atoms with Crippen LogP contribution >= 0.6 is 11.3 Å². The van der Waals surface area contributed by atoms with Crippen molar-refractivity contribution in [3.05, 3.63) is 11.6 Å². The average molecular weight is 358 g/mol. The van der Waals surface area contributed by atoms with Gasteiger partial charge < -0.3 is 20.3 Å². The predicted octanol–water partition coefficient (Wildman–Crippen LogP) is 1.57. The zero-order valence-corrected chi connectivity index (χ0v) is 14.1. The van der Waals surface area contributed by atoms with E-state index in [1.807, 2.05) is 0 Å². The molecule has 25 heavy (non-hydrogen) atoms. The summed E-state index contributed by atoms with van der Waals surface area (Å²) in [4.78, 5) is 2.07. The van der Waals surface area contributed by atoms with Gasteiger partial charge in [0.1, 0.15) is 6.07 Å². The van der Waals surface area contributed by atoms with Gasteiger partial charge >= 0.3 is 0 Å². The van der Waals surface area contributed by atoms with Gasteiger partial charge in [-0.3, -0.25) is 0 Å². The number of anilines is 4. The van der Waals surface area contributed by atoms with Gasteiger partial charge in [-0.1, -0.05) is 11.3 Å². The maximum atomic E-state index is 9.63. The summed E-state index contributed by atoms with van der Waals surface area (Å²) in [6.45, 7) is 2.58. The van der Waals surface area contributed by atoms with E-state index in [-0.39, 0.29) is 0 Å². The topological polar surface area (TPSA) is 125 Å². The van der Waals surface area contributed by atoms with E-state index in [0.717, 1.165) is 5.69 Å². The fraction of sp³-hybridized carbons (Fsp3) is 0.357. The number of rotatable bonds is 4. The lowest BCUT2D eigenvalue weighted by molar-refractivity contribution is 0.123. The van der Waals surface area contributed by atoms with Crippen LogP contribution in [0.5, 0.6) is 0 Å². The summed E-state index contributed by atoms with van der Waals surface area (Å²) in [5.74, 6) is 0. The highest BCUT2D eigenvalue weighted by molar-refractivity contribution is 7.19. The molecule has 10 nitrogen and oxygen atoms in total. The molecule has 11 heteroatoms. The number of fused-ring (bicyclic) bond motifs is 1. The molecular formula is C14H14N8O2S. The number of morpholine rings is 1. The second kappa shape index (κ2) is 6.50. The van der Waals surface area contributed by atoms with E-state index in [0.29, 0.717) is 58.9 Å². The SMILES string of the molecule is CNc1nnc(Nc2cc(C#N)c(N3CCOCC3)c3nonc23)s1. The van der Waals surface area contributed by atoms with Gasteiger partial charge in [0.15, 0.2) is 11.0 Å². The molecule has 2 aromatic heterocycles. The molecule has 1 aromatic carbocycles. The molecule has 0 saturated carbocycles. The summed E-state index contributed by atoms with van der Waals surface area (Å²) in [6, 6.07) is 3.97. The summed E-state index contributed by atoms with van der Waals surface area (Å²) >= 11 is 1.35. The molecule has 4 rings (SSSR count). The molecule has 0 atom stereocenters. The van der Waals surface area contributed by atoms with Crippen molar-refractivity contribution >= 4 is 44.0 Å². The van der Waals surface area contributed by atoms with Gasteiger partial charge in [0.2, 0.25) is 10.3 Å². The summed E-state index contributed by atoms with van der Waals surface area (Å²) in [5, 5.41) is 33.0. The van der Waals surface area contributed by atoms with E-state index in [4.69, 9.17) is 9.37 Å². The van der Waals surface area contributed by atoms with E-state index in [1.54, 1.807) is 13.1 Å². The lowest BCUT2D eigenvalue weighted by Crippen LogP contribution is -2.36. The van der Waals surface area contributed by atoms with Crippen LogP contribution in [0.15, 0.2) is 10.7 Å². The molecule has 128 valence electrons. The van der Waals surface area contributed by atoms with Gasteiger partial charge in [-0.2, -0.15) is 5.26 Å². The molecule has 0 amide bonds. The van der Waals surface area contributed by atoms with Crippen molar-refractivity contribution in [1.82, 2.24) is 20.5 Å². The van der Waals surface area contributed by atoms with Crippen LogP contribution in [0, 0.1) is 11.3 Å². The highest BCUT2D eigenvalue weighted by atomic mass is 32.1. The van der Waals surface area contributed by atoms with Gasteiger partial charge in [0.25, 0.3) is 0 Å². The van der Waals surface area contributed by atoms with Crippen molar-refractivity contribution in [3.63, 3.8) is 0 Å². The highest BCUT2D eigenvalue weighted by Crippen LogP contribution is 2.36. The predicted molar refractivity (Wildman–Crippen MR) is 92.3 cm³/mol. The van der Waals surface area contributed by atoms with Gasteiger partial charge in [-0.05, 0) is 16.4 Å². The van der Waals surface area contributed by atoms with Crippen LogP contribution in [0.2, 0.25) is 0 Å². The van der Waals surface area contributed by atoms with Gasteiger partial charge in [0.05, 0.1) is 30.2 Å². The molecule has 1 aliphatic rings. The Morgan fingerprint density at radius 3 is 2.68 bits per heavy atom. The first-order valence-corrected chi connectivity index (χ1v) is 8.42. The van der Waals surface area contributed by atoms with Crippen LogP contribution in [-0.4, -0.2) is 53.9 Å². The standard InChI is InChI=1S/C14H14N8O2S/c1-16-13-18-19-14(25-13)17-9-6-8(7-15)12(11-10(9)20-24-21-11)22-2-4-23-5-3-22/h6H,2-5H2,1H3,(H,16,18)(H,17,19). The van der Waals surface area contributed by atoms with Crippen molar-refractivity contribution in [1.29, 1.82) is 5.26 Å². The van der Waals surface area contributed by atoms with Crippen LogP contribution in [0.4, 0.5) is 21.6 Å². The Kier molecular flexibility index (Phi) is 4.04. The number of nitrogens with zero attached hydrogens (tertiary/aromatic N) is 6. The number of aromatic nitrogens is 4. The molecule has 0 unspecified atom stereocenters. The summed E-state index contributed by atoms with van der Waals surface area (Å²) in [5.41, 5.74) is 2.90. The first-order valence-electron chi connectivity index (χ1n) is 7.60. The number of hydrogen-bond donors (Lipinski definition) is 2. The number of benzene rings is 1. The van der Waals surface area contributed by atoms with Crippen molar-refractivity contribution < 1.29 is 9.37 Å². The summed E-state index contributed by atoms with van der Waals surface area (Å²) in [6.07, 6.45) is 0. The fourth-order valence-electron chi connectivity index (χ4n) is 2.71. The number of nitriles is 1. The normalized spacial score (nSPS) is 14.5. The minimum absolute atomic E-state index is 0.492. The number of nitrogens with one attached hydrogen (secondary N) is 2. The Morgan fingerprint density at radius 1 is 1.20 bits per heavy atom. The maximum Gasteiger partial charge on any atom is 0.211 e. The van der Waals surface area contributed by atoms with Gasteiger partial charge in [0, 0.05) is 20.1 Å². The Morgan fingerprint density at radius 2 is 1.96 bits per heavy atom. The van der Waals surface area contributed by atoms with Crippen molar-refractivity contribution in [2.45, 2.75) is 0 Å². The molecule has 3 heterocycles. The Bertz CT molecular complexity index is 940. The maximum absolute atomic E-state index is 9.63.